The average molecular weight is 211 g/mol. The molecule has 0 rings (SSSR count). The van der Waals surface area contributed by atoms with Crippen molar-refractivity contribution in [3.8, 4) is 6.07 Å². The second-order valence-electron chi connectivity index (χ2n) is 3.78. The van der Waals surface area contributed by atoms with Crippen LogP contribution in [0, 0.1) is 11.3 Å². The van der Waals surface area contributed by atoms with Crippen molar-refractivity contribution >= 4 is 5.97 Å². The quantitative estimate of drug-likeness (QED) is 0.457. The molecule has 15 heavy (non-hydrogen) atoms. The Morgan fingerprint density at radius 1 is 1.27 bits per heavy atom. The van der Waals surface area contributed by atoms with Gasteiger partial charge in [-0.15, -0.1) is 0 Å². The molecule has 0 radical (unpaired) electrons. The number of rotatable bonds is 8. The van der Waals surface area contributed by atoms with Gasteiger partial charge in [0.25, 0.3) is 0 Å². The lowest BCUT2D eigenvalue weighted by Gasteiger charge is -2.05. The third-order valence-electron chi connectivity index (χ3n) is 2.22. The molecule has 0 aliphatic rings. The van der Waals surface area contributed by atoms with Gasteiger partial charge in [0.2, 0.25) is 0 Å². The Kier molecular flexibility index (Phi) is 8.85. The first-order valence-electron chi connectivity index (χ1n) is 5.79. The molecule has 0 saturated heterocycles. The number of hydrogen-bond donors (Lipinski definition) is 0. The van der Waals surface area contributed by atoms with Gasteiger partial charge >= 0.3 is 5.97 Å². The zero-order valence-corrected chi connectivity index (χ0v) is 9.79. The maximum Gasteiger partial charge on any atom is 0.307 e. The third-order valence-corrected chi connectivity index (χ3v) is 2.22. The summed E-state index contributed by atoms with van der Waals surface area (Å²) in [4.78, 5) is 11.1. The first-order chi connectivity index (χ1) is 7.20. The van der Waals surface area contributed by atoms with E-state index in [1.54, 1.807) is 6.92 Å². The minimum absolute atomic E-state index is 0.250. The standard InChI is InChI=1S/C12H21NO2/c1-3-4-5-6-7-8-9-12(14)15-11(2)10-13/h11H,3-9H2,1-2H3/t11-/m1/s1. The molecule has 0 unspecified atom stereocenters. The minimum Gasteiger partial charge on any atom is -0.447 e. The van der Waals surface area contributed by atoms with Crippen LogP contribution in [-0.4, -0.2) is 12.1 Å². The number of unbranched alkanes of at least 4 members (excludes halogenated alkanes) is 5. The van der Waals surface area contributed by atoms with Gasteiger partial charge in [-0.3, -0.25) is 4.79 Å². The maximum absolute atomic E-state index is 11.1. The molecule has 1 atom stereocenters. The SMILES string of the molecule is CCCCCCCCC(=O)O[C@H](C)C#N. The van der Waals surface area contributed by atoms with E-state index in [-0.39, 0.29) is 5.97 Å². The van der Waals surface area contributed by atoms with Crippen LogP contribution in [0.2, 0.25) is 0 Å². The van der Waals surface area contributed by atoms with Crippen LogP contribution in [-0.2, 0) is 9.53 Å². The van der Waals surface area contributed by atoms with Gasteiger partial charge in [-0.1, -0.05) is 39.0 Å². The molecule has 3 nitrogen and oxygen atoms in total. The van der Waals surface area contributed by atoms with E-state index in [9.17, 15) is 4.79 Å². The summed E-state index contributed by atoms with van der Waals surface area (Å²) in [6, 6.07) is 1.87. The Morgan fingerprint density at radius 3 is 2.47 bits per heavy atom. The fraction of sp³-hybridized carbons (Fsp3) is 0.833. The summed E-state index contributed by atoms with van der Waals surface area (Å²) in [6.07, 6.45) is 6.74. The van der Waals surface area contributed by atoms with Crippen LogP contribution in [0.1, 0.15) is 58.8 Å². The Morgan fingerprint density at radius 2 is 1.87 bits per heavy atom. The molecule has 3 heteroatoms. The topological polar surface area (TPSA) is 50.1 Å². The van der Waals surface area contributed by atoms with Gasteiger partial charge in [-0.2, -0.15) is 5.26 Å². The number of ether oxygens (including phenoxy) is 1. The van der Waals surface area contributed by atoms with Crippen LogP contribution in [0.4, 0.5) is 0 Å². The van der Waals surface area contributed by atoms with Crippen LogP contribution >= 0.6 is 0 Å². The summed E-state index contributed by atoms with van der Waals surface area (Å²) in [6.45, 7) is 3.76. The Bertz CT molecular complexity index is 208. The lowest BCUT2D eigenvalue weighted by molar-refractivity contribution is -0.146. The van der Waals surface area contributed by atoms with Crippen LogP contribution in [0.15, 0.2) is 0 Å². The molecule has 0 aromatic rings. The number of nitriles is 1. The highest BCUT2D eigenvalue weighted by atomic mass is 16.5. The van der Waals surface area contributed by atoms with Crippen molar-refractivity contribution in [3.05, 3.63) is 0 Å². The number of esters is 1. The van der Waals surface area contributed by atoms with Gasteiger partial charge in [-0.25, -0.2) is 0 Å². The molecular formula is C12H21NO2. The van der Waals surface area contributed by atoms with Crippen molar-refractivity contribution in [3.63, 3.8) is 0 Å². The molecule has 0 aliphatic heterocycles. The summed E-state index contributed by atoms with van der Waals surface area (Å²) in [5.74, 6) is -0.250. The van der Waals surface area contributed by atoms with E-state index in [0.717, 1.165) is 12.8 Å². The van der Waals surface area contributed by atoms with Gasteiger partial charge in [0.15, 0.2) is 6.10 Å². The van der Waals surface area contributed by atoms with E-state index in [1.165, 1.54) is 25.7 Å². The van der Waals surface area contributed by atoms with E-state index >= 15 is 0 Å². The fourth-order valence-electron chi connectivity index (χ4n) is 1.33. The van der Waals surface area contributed by atoms with E-state index in [2.05, 4.69) is 6.92 Å². The highest BCUT2D eigenvalue weighted by Gasteiger charge is 2.07. The minimum atomic E-state index is -0.613. The average Bonchev–Trinajstić information content (AvgIpc) is 2.23. The molecule has 0 heterocycles. The van der Waals surface area contributed by atoms with Gasteiger partial charge in [0.05, 0.1) is 0 Å². The summed E-state index contributed by atoms with van der Waals surface area (Å²) in [7, 11) is 0. The molecule has 0 N–H and O–H groups in total. The normalized spacial score (nSPS) is 11.8. The highest BCUT2D eigenvalue weighted by molar-refractivity contribution is 5.69. The zero-order valence-electron chi connectivity index (χ0n) is 9.79. The van der Waals surface area contributed by atoms with E-state index in [1.807, 2.05) is 6.07 Å². The van der Waals surface area contributed by atoms with Crippen LogP contribution in [0.3, 0.4) is 0 Å². The van der Waals surface area contributed by atoms with Crippen LogP contribution < -0.4 is 0 Å². The number of carbonyl (C=O) groups is 1. The molecule has 86 valence electrons. The maximum atomic E-state index is 11.1. The summed E-state index contributed by atoms with van der Waals surface area (Å²) >= 11 is 0. The van der Waals surface area contributed by atoms with Crippen molar-refractivity contribution in [1.29, 1.82) is 5.26 Å². The van der Waals surface area contributed by atoms with E-state index in [4.69, 9.17) is 10.00 Å². The first-order valence-corrected chi connectivity index (χ1v) is 5.79. The van der Waals surface area contributed by atoms with Gasteiger partial charge in [0, 0.05) is 6.42 Å². The molecule has 0 amide bonds. The fourth-order valence-corrected chi connectivity index (χ4v) is 1.33. The molecule has 0 aromatic carbocycles. The molecular weight excluding hydrogens is 190 g/mol. The summed E-state index contributed by atoms with van der Waals surface area (Å²) in [5, 5.41) is 8.43. The van der Waals surface area contributed by atoms with Gasteiger partial charge in [0.1, 0.15) is 6.07 Å². The monoisotopic (exact) mass is 211 g/mol. The van der Waals surface area contributed by atoms with Gasteiger partial charge in [-0.05, 0) is 13.3 Å². The van der Waals surface area contributed by atoms with Crippen LogP contribution in [0.25, 0.3) is 0 Å². The molecule has 0 aromatic heterocycles. The summed E-state index contributed by atoms with van der Waals surface area (Å²) < 4.78 is 4.83. The Labute approximate surface area is 92.4 Å². The predicted molar refractivity (Wildman–Crippen MR) is 59.2 cm³/mol. The van der Waals surface area contributed by atoms with Crippen molar-refractivity contribution in [1.82, 2.24) is 0 Å². The lowest BCUT2D eigenvalue weighted by atomic mass is 10.1. The largest absolute Gasteiger partial charge is 0.447 e. The first kappa shape index (κ1) is 14.0. The smallest absolute Gasteiger partial charge is 0.307 e. The zero-order chi connectivity index (χ0) is 11.5. The summed E-state index contributed by atoms with van der Waals surface area (Å²) in [5.41, 5.74) is 0. The van der Waals surface area contributed by atoms with Crippen molar-refractivity contribution in [2.75, 3.05) is 0 Å². The van der Waals surface area contributed by atoms with Crippen molar-refractivity contribution in [2.24, 2.45) is 0 Å². The molecule has 0 fully saturated rings. The molecule has 0 saturated carbocycles. The van der Waals surface area contributed by atoms with E-state index < -0.39 is 6.10 Å². The van der Waals surface area contributed by atoms with Crippen molar-refractivity contribution in [2.45, 2.75) is 64.9 Å². The molecule has 0 bridgehead atoms. The van der Waals surface area contributed by atoms with E-state index in [0.29, 0.717) is 6.42 Å². The lowest BCUT2D eigenvalue weighted by Crippen LogP contribution is -2.12. The number of carbonyl (C=O) groups excluding carboxylic acids is 1. The van der Waals surface area contributed by atoms with Crippen LogP contribution in [0.5, 0.6) is 0 Å². The second-order valence-corrected chi connectivity index (χ2v) is 3.78. The Hall–Kier alpha value is -1.04. The molecule has 0 aliphatic carbocycles. The van der Waals surface area contributed by atoms with Gasteiger partial charge < -0.3 is 4.74 Å². The second kappa shape index (κ2) is 9.51. The number of nitrogens with zero attached hydrogens (tertiary/aromatic N) is 1. The third kappa shape index (κ3) is 9.27. The Balaban J connectivity index is 3.28. The predicted octanol–water partition coefficient (Wildman–Crippen LogP) is 3.19. The highest BCUT2D eigenvalue weighted by Crippen LogP contribution is 2.07. The number of hydrogen-bond acceptors (Lipinski definition) is 3. The molecule has 0 spiro atoms. The van der Waals surface area contributed by atoms with Crippen molar-refractivity contribution < 1.29 is 9.53 Å².